The van der Waals surface area contributed by atoms with Crippen molar-refractivity contribution in [3.05, 3.63) is 35.4 Å². The molecule has 4 rings (SSSR count). The van der Waals surface area contributed by atoms with Gasteiger partial charge in [0.1, 0.15) is 0 Å². The average Bonchev–Trinajstić information content (AvgIpc) is 2.92. The molecule has 1 aromatic carbocycles. The molecule has 23 heavy (non-hydrogen) atoms. The first kappa shape index (κ1) is 14.9. The molecule has 0 spiro atoms. The summed E-state index contributed by atoms with van der Waals surface area (Å²) < 4.78 is 6.13. The molecule has 0 unspecified atom stereocenters. The maximum Gasteiger partial charge on any atom is 0.268 e. The van der Waals surface area contributed by atoms with Gasteiger partial charge in [0.15, 0.2) is 17.3 Å². The third-order valence-electron chi connectivity index (χ3n) is 5.33. The van der Waals surface area contributed by atoms with Crippen molar-refractivity contribution >= 4 is 29.2 Å². The number of hydrogen-bond donors (Lipinski definition) is 0. The van der Waals surface area contributed by atoms with Gasteiger partial charge >= 0.3 is 0 Å². The molecule has 3 aliphatic rings. The van der Waals surface area contributed by atoms with E-state index in [0.29, 0.717) is 16.9 Å². The van der Waals surface area contributed by atoms with Crippen LogP contribution < -0.4 is 0 Å². The van der Waals surface area contributed by atoms with Crippen LogP contribution in [0.3, 0.4) is 0 Å². The minimum Gasteiger partial charge on any atom is -0.328 e. The van der Waals surface area contributed by atoms with Crippen LogP contribution in [0.25, 0.3) is 0 Å². The van der Waals surface area contributed by atoms with Crippen molar-refractivity contribution in [2.24, 2.45) is 11.8 Å². The first-order valence-corrected chi connectivity index (χ1v) is 8.67. The van der Waals surface area contributed by atoms with Crippen LogP contribution in [0.4, 0.5) is 0 Å². The van der Waals surface area contributed by atoms with Gasteiger partial charge in [0.2, 0.25) is 4.93 Å². The molecule has 2 fully saturated rings. The summed E-state index contributed by atoms with van der Waals surface area (Å²) in [5.74, 6) is -1.24. The Hall–Kier alpha value is -1.66. The molecule has 2 heterocycles. The van der Waals surface area contributed by atoms with Gasteiger partial charge in [-0.25, -0.2) is 0 Å². The van der Waals surface area contributed by atoms with E-state index in [1.807, 2.05) is 6.92 Å². The first-order valence-electron chi connectivity index (χ1n) is 7.68. The fourth-order valence-corrected chi connectivity index (χ4v) is 5.55. The molecule has 1 amide bonds. The Morgan fingerprint density at radius 3 is 2.26 bits per heavy atom. The fourth-order valence-electron chi connectivity index (χ4n) is 4.21. The van der Waals surface area contributed by atoms with Crippen LogP contribution in [0.2, 0.25) is 0 Å². The Morgan fingerprint density at radius 1 is 1.13 bits per heavy atom. The van der Waals surface area contributed by atoms with Crippen molar-refractivity contribution < 1.29 is 19.1 Å². The van der Waals surface area contributed by atoms with Crippen LogP contribution >= 0.6 is 11.8 Å². The Kier molecular flexibility index (Phi) is 2.88. The molecule has 0 saturated carbocycles. The SMILES string of the molecule is CCS[C@]12O[C@](C)([C@H]3C(=O)c4ccccc4C(=O)[C@H]31)N(C)C2=O. The summed E-state index contributed by atoms with van der Waals surface area (Å²) in [5.41, 5.74) is -0.219. The molecule has 4 atom stereocenters. The van der Waals surface area contributed by atoms with Crippen molar-refractivity contribution in [1.82, 2.24) is 4.90 Å². The van der Waals surface area contributed by atoms with Gasteiger partial charge in [-0.1, -0.05) is 31.2 Å². The van der Waals surface area contributed by atoms with E-state index < -0.39 is 22.5 Å². The normalized spacial score (nSPS) is 38.0. The number of thioether (sulfide) groups is 1. The zero-order valence-electron chi connectivity index (χ0n) is 13.2. The molecule has 1 aliphatic carbocycles. The second kappa shape index (κ2) is 4.45. The van der Waals surface area contributed by atoms with Gasteiger partial charge in [-0.2, -0.15) is 0 Å². The smallest absolute Gasteiger partial charge is 0.268 e. The van der Waals surface area contributed by atoms with Crippen LogP contribution in [0.5, 0.6) is 0 Å². The monoisotopic (exact) mass is 331 g/mol. The summed E-state index contributed by atoms with van der Waals surface area (Å²) in [6, 6.07) is 6.85. The lowest BCUT2D eigenvalue weighted by Crippen LogP contribution is -2.61. The molecule has 2 saturated heterocycles. The highest BCUT2D eigenvalue weighted by atomic mass is 32.2. The zero-order chi connectivity index (χ0) is 16.6. The molecular formula is C17H17NO4S. The second-order valence-corrected chi connectivity index (χ2v) is 7.82. The average molecular weight is 331 g/mol. The molecule has 1 aromatic rings. The number of hydrogen-bond acceptors (Lipinski definition) is 5. The number of ketones is 2. The van der Waals surface area contributed by atoms with Gasteiger partial charge in [-0.15, -0.1) is 11.8 Å². The minimum absolute atomic E-state index is 0.106. The van der Waals surface area contributed by atoms with Crippen molar-refractivity contribution in [2.75, 3.05) is 12.8 Å². The van der Waals surface area contributed by atoms with Gasteiger partial charge in [-0.3, -0.25) is 14.4 Å². The number of Topliss-reactive ketones (excluding diaryl/α,β-unsaturated/α-hetero) is 2. The van der Waals surface area contributed by atoms with E-state index in [1.54, 1.807) is 38.2 Å². The lowest BCUT2D eigenvalue weighted by Gasteiger charge is -2.42. The maximum absolute atomic E-state index is 13.1. The van der Waals surface area contributed by atoms with Crippen LogP contribution in [0, 0.1) is 11.8 Å². The van der Waals surface area contributed by atoms with E-state index in [9.17, 15) is 14.4 Å². The molecule has 6 heteroatoms. The number of likely N-dealkylation sites (N-methyl/N-ethyl adjacent to an activating group) is 1. The summed E-state index contributed by atoms with van der Waals surface area (Å²) in [7, 11) is 1.65. The molecule has 120 valence electrons. The molecular weight excluding hydrogens is 314 g/mol. The molecule has 2 aliphatic heterocycles. The molecule has 2 bridgehead atoms. The van der Waals surface area contributed by atoms with Crippen molar-refractivity contribution in [2.45, 2.75) is 24.5 Å². The van der Waals surface area contributed by atoms with Crippen molar-refractivity contribution in [3.8, 4) is 0 Å². The largest absolute Gasteiger partial charge is 0.328 e. The predicted octanol–water partition coefficient (Wildman–Crippen LogP) is 1.97. The van der Waals surface area contributed by atoms with E-state index in [4.69, 9.17) is 4.74 Å². The molecule has 0 radical (unpaired) electrons. The van der Waals surface area contributed by atoms with E-state index in [1.165, 1.54) is 16.7 Å². The predicted molar refractivity (Wildman–Crippen MR) is 85.2 cm³/mol. The third kappa shape index (κ3) is 1.51. The summed E-state index contributed by atoms with van der Waals surface area (Å²) in [6.07, 6.45) is 0. The summed E-state index contributed by atoms with van der Waals surface area (Å²) in [6.45, 7) is 3.66. The summed E-state index contributed by atoms with van der Waals surface area (Å²) >= 11 is 1.32. The highest BCUT2D eigenvalue weighted by molar-refractivity contribution is 8.01. The number of rotatable bonds is 2. The number of carbonyl (C=O) groups is 3. The highest BCUT2D eigenvalue weighted by Gasteiger charge is 2.77. The van der Waals surface area contributed by atoms with Gasteiger partial charge in [0.25, 0.3) is 5.91 Å². The van der Waals surface area contributed by atoms with Crippen LogP contribution in [-0.4, -0.2) is 45.8 Å². The number of nitrogens with zero attached hydrogens (tertiary/aromatic N) is 1. The number of carbonyl (C=O) groups excluding carboxylic acids is 3. The lowest BCUT2D eigenvalue weighted by molar-refractivity contribution is -0.136. The standard InChI is InChI=1S/C17H17NO4S/c1-4-23-17-12-11(16(2,22-17)18(3)15(17)21)13(19)9-7-5-6-8-10(9)14(12)20/h5-8,11-12H,4H2,1-3H3/t11-,12+,16-,17-/m1/s1. The Labute approximate surface area is 138 Å². The fraction of sp³-hybridized carbons (Fsp3) is 0.471. The van der Waals surface area contributed by atoms with Gasteiger partial charge in [-0.05, 0) is 12.7 Å². The number of benzene rings is 1. The van der Waals surface area contributed by atoms with E-state index in [-0.39, 0.29) is 17.5 Å². The highest BCUT2D eigenvalue weighted by Crippen LogP contribution is 2.62. The van der Waals surface area contributed by atoms with E-state index in [2.05, 4.69) is 0 Å². The van der Waals surface area contributed by atoms with Crippen molar-refractivity contribution in [3.63, 3.8) is 0 Å². The van der Waals surface area contributed by atoms with Crippen molar-refractivity contribution in [1.29, 1.82) is 0 Å². The summed E-state index contributed by atoms with van der Waals surface area (Å²) in [5, 5.41) is 0. The molecule has 0 N–H and O–H groups in total. The zero-order valence-corrected chi connectivity index (χ0v) is 14.0. The number of amides is 1. The van der Waals surface area contributed by atoms with Crippen LogP contribution in [0.15, 0.2) is 24.3 Å². The quantitative estimate of drug-likeness (QED) is 0.829. The number of ether oxygens (including phenoxy) is 1. The molecule has 0 aromatic heterocycles. The first-order chi connectivity index (χ1) is 10.9. The minimum atomic E-state index is -1.27. The Balaban J connectivity index is 1.97. The Morgan fingerprint density at radius 2 is 1.70 bits per heavy atom. The van der Waals surface area contributed by atoms with Crippen LogP contribution in [0.1, 0.15) is 34.6 Å². The summed E-state index contributed by atoms with van der Waals surface area (Å²) in [4.78, 5) is 39.2. The van der Waals surface area contributed by atoms with E-state index >= 15 is 0 Å². The Bertz CT molecular complexity index is 763. The number of piperidine rings is 1. The number of likely N-dealkylation sites (tertiary alicyclic amines) is 1. The lowest BCUT2D eigenvalue weighted by atomic mass is 9.67. The molecule has 5 nitrogen and oxygen atoms in total. The van der Waals surface area contributed by atoms with Crippen LogP contribution in [-0.2, 0) is 9.53 Å². The maximum atomic E-state index is 13.1. The van der Waals surface area contributed by atoms with E-state index in [0.717, 1.165) is 0 Å². The second-order valence-electron chi connectivity index (χ2n) is 6.35. The van der Waals surface area contributed by atoms with Gasteiger partial charge in [0.05, 0.1) is 11.8 Å². The number of fused-ring (bicyclic) bond motifs is 6. The topological polar surface area (TPSA) is 63.7 Å². The van der Waals surface area contributed by atoms with Gasteiger partial charge in [0, 0.05) is 18.2 Å². The van der Waals surface area contributed by atoms with Gasteiger partial charge < -0.3 is 9.64 Å². The third-order valence-corrected chi connectivity index (χ3v) is 6.56.